The third kappa shape index (κ3) is 3.35. The van der Waals surface area contributed by atoms with E-state index in [0.29, 0.717) is 0 Å². The third-order valence-corrected chi connectivity index (χ3v) is 6.20. The van der Waals surface area contributed by atoms with Crippen LogP contribution in [0.15, 0.2) is 47.8 Å². The number of hydrogen-bond acceptors (Lipinski definition) is 4. The maximum absolute atomic E-state index is 12.7. The standard InChI is InChI=1S/C20H21N3O3S/c1-20(14-9-10-14)18(25)23(19(26)22-20)12-16(24)21-17(15-8-5-11-27-15)13-6-3-2-4-7-13/h2-8,11,14,17H,9-10,12H2,1H3,(H,21,24)(H,22,26)/t17-,20-/m0/s1. The van der Waals surface area contributed by atoms with Crippen molar-refractivity contribution >= 4 is 29.2 Å². The van der Waals surface area contributed by atoms with Crippen molar-refractivity contribution < 1.29 is 14.4 Å². The van der Waals surface area contributed by atoms with Crippen molar-refractivity contribution in [2.75, 3.05) is 6.54 Å². The van der Waals surface area contributed by atoms with Crippen molar-refractivity contribution in [3.8, 4) is 0 Å². The van der Waals surface area contributed by atoms with Gasteiger partial charge in [0.25, 0.3) is 5.91 Å². The van der Waals surface area contributed by atoms with Crippen molar-refractivity contribution in [1.29, 1.82) is 0 Å². The zero-order valence-electron chi connectivity index (χ0n) is 15.0. The molecule has 0 spiro atoms. The SMILES string of the molecule is C[C@@]1(C2CC2)NC(=O)N(CC(=O)N[C@@H](c2ccccc2)c2cccs2)C1=O. The highest BCUT2D eigenvalue weighted by Gasteiger charge is 2.56. The number of hydrogen-bond donors (Lipinski definition) is 2. The smallest absolute Gasteiger partial charge is 0.325 e. The molecule has 27 heavy (non-hydrogen) atoms. The van der Waals surface area contributed by atoms with Gasteiger partial charge in [-0.25, -0.2) is 4.79 Å². The predicted octanol–water partition coefficient (Wildman–Crippen LogP) is 2.67. The topological polar surface area (TPSA) is 78.5 Å². The number of rotatable bonds is 6. The summed E-state index contributed by atoms with van der Waals surface area (Å²) in [5.41, 5.74) is 0.0811. The maximum Gasteiger partial charge on any atom is 0.325 e. The second kappa shape index (κ2) is 6.81. The lowest BCUT2D eigenvalue weighted by Crippen LogP contribution is -2.47. The molecule has 2 aromatic rings. The molecule has 2 heterocycles. The molecule has 2 fully saturated rings. The number of urea groups is 1. The maximum atomic E-state index is 12.7. The van der Waals surface area contributed by atoms with E-state index in [9.17, 15) is 14.4 Å². The summed E-state index contributed by atoms with van der Waals surface area (Å²) in [6.07, 6.45) is 1.86. The monoisotopic (exact) mass is 383 g/mol. The molecule has 6 nitrogen and oxygen atoms in total. The van der Waals surface area contributed by atoms with Gasteiger partial charge in [0.15, 0.2) is 0 Å². The Hall–Kier alpha value is -2.67. The number of benzene rings is 1. The number of amides is 4. The first-order chi connectivity index (χ1) is 13.0. The van der Waals surface area contributed by atoms with Crippen LogP contribution in [-0.2, 0) is 9.59 Å². The summed E-state index contributed by atoms with van der Waals surface area (Å²) in [7, 11) is 0. The van der Waals surface area contributed by atoms with E-state index in [2.05, 4.69) is 10.6 Å². The van der Waals surface area contributed by atoms with Crippen molar-refractivity contribution in [3.05, 3.63) is 58.3 Å². The molecule has 2 N–H and O–H groups in total. The van der Waals surface area contributed by atoms with E-state index in [1.165, 1.54) is 0 Å². The molecular weight excluding hydrogens is 362 g/mol. The van der Waals surface area contributed by atoms with Crippen molar-refractivity contribution in [2.45, 2.75) is 31.3 Å². The van der Waals surface area contributed by atoms with E-state index in [1.807, 2.05) is 47.8 Å². The molecule has 1 aromatic heterocycles. The Morgan fingerprint density at radius 2 is 2.00 bits per heavy atom. The minimum absolute atomic E-state index is 0.171. The van der Waals surface area contributed by atoms with Gasteiger partial charge in [-0.05, 0) is 42.7 Å². The highest BCUT2D eigenvalue weighted by molar-refractivity contribution is 7.10. The highest BCUT2D eigenvalue weighted by Crippen LogP contribution is 2.42. The molecule has 4 amide bonds. The summed E-state index contributed by atoms with van der Waals surface area (Å²) >= 11 is 1.55. The van der Waals surface area contributed by atoms with Gasteiger partial charge in [-0.3, -0.25) is 14.5 Å². The van der Waals surface area contributed by atoms with Crippen LogP contribution in [0.3, 0.4) is 0 Å². The fraction of sp³-hybridized carbons (Fsp3) is 0.350. The number of nitrogens with one attached hydrogen (secondary N) is 2. The number of carbonyl (C=O) groups excluding carboxylic acids is 3. The van der Waals surface area contributed by atoms with Crippen LogP contribution in [0.5, 0.6) is 0 Å². The normalized spacial score (nSPS) is 23.2. The fourth-order valence-electron chi connectivity index (χ4n) is 3.57. The lowest BCUT2D eigenvalue weighted by Gasteiger charge is -2.22. The fourth-order valence-corrected chi connectivity index (χ4v) is 4.37. The van der Waals surface area contributed by atoms with Crippen LogP contribution in [-0.4, -0.2) is 34.8 Å². The molecule has 0 bridgehead atoms. The first-order valence-electron chi connectivity index (χ1n) is 9.01. The van der Waals surface area contributed by atoms with Crippen molar-refractivity contribution in [1.82, 2.24) is 15.5 Å². The molecule has 1 saturated heterocycles. The van der Waals surface area contributed by atoms with Crippen LogP contribution in [0.1, 0.15) is 36.2 Å². The average Bonchev–Trinajstić information content (AvgIpc) is 3.35. The molecule has 1 aliphatic carbocycles. The lowest BCUT2D eigenvalue weighted by atomic mass is 9.96. The molecule has 7 heteroatoms. The van der Waals surface area contributed by atoms with E-state index in [1.54, 1.807) is 18.3 Å². The van der Waals surface area contributed by atoms with Gasteiger partial charge in [0.1, 0.15) is 12.1 Å². The number of nitrogens with zero attached hydrogens (tertiary/aromatic N) is 1. The Bertz CT molecular complexity index is 864. The molecule has 0 unspecified atom stereocenters. The van der Waals surface area contributed by atoms with E-state index in [-0.39, 0.29) is 30.3 Å². The Labute approximate surface area is 161 Å². The summed E-state index contributed by atoms with van der Waals surface area (Å²) in [6, 6.07) is 12.7. The van der Waals surface area contributed by atoms with Crippen LogP contribution in [0.25, 0.3) is 0 Å². The van der Waals surface area contributed by atoms with Gasteiger partial charge >= 0.3 is 6.03 Å². The summed E-state index contributed by atoms with van der Waals surface area (Å²) in [4.78, 5) is 39.7. The van der Waals surface area contributed by atoms with Crippen molar-refractivity contribution in [3.63, 3.8) is 0 Å². The van der Waals surface area contributed by atoms with E-state index in [0.717, 1.165) is 28.2 Å². The van der Waals surface area contributed by atoms with E-state index >= 15 is 0 Å². The number of thiophene rings is 1. The minimum atomic E-state index is -0.871. The van der Waals surface area contributed by atoms with Crippen LogP contribution in [0.4, 0.5) is 4.79 Å². The summed E-state index contributed by atoms with van der Waals surface area (Å²) < 4.78 is 0. The van der Waals surface area contributed by atoms with Crippen LogP contribution < -0.4 is 10.6 Å². The van der Waals surface area contributed by atoms with Crippen LogP contribution in [0.2, 0.25) is 0 Å². The lowest BCUT2D eigenvalue weighted by molar-refractivity contribution is -0.135. The quantitative estimate of drug-likeness (QED) is 0.753. The van der Waals surface area contributed by atoms with Crippen LogP contribution >= 0.6 is 11.3 Å². The Morgan fingerprint density at radius 3 is 2.63 bits per heavy atom. The van der Waals surface area contributed by atoms with E-state index in [4.69, 9.17) is 0 Å². The minimum Gasteiger partial charge on any atom is -0.343 e. The molecule has 1 aliphatic heterocycles. The van der Waals surface area contributed by atoms with Gasteiger partial charge in [0.05, 0.1) is 6.04 Å². The molecule has 4 rings (SSSR count). The molecule has 2 aliphatic rings. The third-order valence-electron chi connectivity index (χ3n) is 5.26. The summed E-state index contributed by atoms with van der Waals surface area (Å²) in [5.74, 6) is -0.497. The summed E-state index contributed by atoms with van der Waals surface area (Å²) in [6.45, 7) is 1.48. The molecule has 1 saturated carbocycles. The first kappa shape index (κ1) is 17.7. The van der Waals surface area contributed by atoms with Gasteiger partial charge in [-0.1, -0.05) is 36.4 Å². The molecule has 0 radical (unpaired) electrons. The van der Waals surface area contributed by atoms with Gasteiger partial charge in [-0.15, -0.1) is 11.3 Å². The number of carbonyl (C=O) groups is 3. The molecule has 140 valence electrons. The van der Waals surface area contributed by atoms with Gasteiger partial charge in [0, 0.05) is 4.88 Å². The van der Waals surface area contributed by atoms with Gasteiger partial charge < -0.3 is 10.6 Å². The predicted molar refractivity (Wildman–Crippen MR) is 102 cm³/mol. The molecule has 1 aromatic carbocycles. The van der Waals surface area contributed by atoms with Crippen LogP contribution in [0, 0.1) is 5.92 Å². The zero-order chi connectivity index (χ0) is 19.0. The highest BCUT2D eigenvalue weighted by atomic mass is 32.1. The van der Waals surface area contributed by atoms with Gasteiger partial charge in [0.2, 0.25) is 5.91 Å². The second-order valence-electron chi connectivity index (χ2n) is 7.22. The Balaban J connectivity index is 1.49. The van der Waals surface area contributed by atoms with E-state index < -0.39 is 11.6 Å². The summed E-state index contributed by atoms with van der Waals surface area (Å²) in [5, 5.41) is 7.70. The average molecular weight is 383 g/mol. The Morgan fingerprint density at radius 1 is 1.26 bits per heavy atom. The Kier molecular flexibility index (Phi) is 4.47. The van der Waals surface area contributed by atoms with Crippen molar-refractivity contribution in [2.24, 2.45) is 5.92 Å². The molecular formula is C20H21N3O3S. The number of imide groups is 1. The van der Waals surface area contributed by atoms with Gasteiger partial charge in [-0.2, -0.15) is 0 Å². The second-order valence-corrected chi connectivity index (χ2v) is 8.20. The first-order valence-corrected chi connectivity index (χ1v) is 9.89. The molecule has 2 atom stereocenters. The largest absolute Gasteiger partial charge is 0.343 e. The zero-order valence-corrected chi connectivity index (χ0v) is 15.8.